The van der Waals surface area contributed by atoms with E-state index in [2.05, 4.69) is 9.46 Å². The predicted octanol–water partition coefficient (Wildman–Crippen LogP) is 5.85. The summed E-state index contributed by atoms with van der Waals surface area (Å²) >= 11 is 1.42. The lowest BCUT2D eigenvalue weighted by atomic mass is 10.0. The second kappa shape index (κ2) is 11.9. The molecule has 0 heterocycles. The lowest BCUT2D eigenvalue weighted by Crippen LogP contribution is -2.26. The van der Waals surface area contributed by atoms with Crippen LogP contribution in [0.1, 0.15) is 21.5 Å². The van der Waals surface area contributed by atoms with Crippen molar-refractivity contribution in [3.63, 3.8) is 0 Å². The number of hydrogen-bond acceptors (Lipinski definition) is 7. The second-order valence-corrected chi connectivity index (χ2v) is 10.7. The highest BCUT2D eigenvalue weighted by molar-refractivity contribution is 7.99. The average molecular weight is 556 g/mol. The van der Waals surface area contributed by atoms with Gasteiger partial charge in [0.2, 0.25) is 10.0 Å². The Balaban J connectivity index is 1.52. The molecular formula is C25H24F3NO6S2. The van der Waals surface area contributed by atoms with Crippen molar-refractivity contribution in [2.75, 3.05) is 19.4 Å². The topological polar surface area (TPSA) is 90.9 Å². The SMILES string of the molecule is COC(=O)c1cc(S(=O)(=O)NCCSc2ccc(Oc3ccc(OC(F)(F)F)cc3)cc2)cc(C)c1C. The third kappa shape index (κ3) is 8.14. The van der Waals surface area contributed by atoms with E-state index in [-0.39, 0.29) is 22.8 Å². The average Bonchev–Trinajstić information content (AvgIpc) is 2.84. The van der Waals surface area contributed by atoms with Gasteiger partial charge in [0, 0.05) is 17.2 Å². The molecule has 3 aromatic rings. The Labute approximate surface area is 217 Å². The molecule has 0 fully saturated rings. The molecule has 3 aromatic carbocycles. The van der Waals surface area contributed by atoms with Crippen molar-refractivity contribution in [3.05, 3.63) is 77.4 Å². The molecule has 198 valence electrons. The van der Waals surface area contributed by atoms with Crippen molar-refractivity contribution >= 4 is 27.8 Å². The number of carbonyl (C=O) groups excluding carboxylic acids is 1. The Morgan fingerprint density at radius 1 is 0.946 bits per heavy atom. The van der Waals surface area contributed by atoms with Crippen LogP contribution in [0, 0.1) is 13.8 Å². The highest BCUT2D eigenvalue weighted by Gasteiger charge is 2.31. The van der Waals surface area contributed by atoms with E-state index < -0.39 is 22.4 Å². The van der Waals surface area contributed by atoms with Gasteiger partial charge in [-0.1, -0.05) is 0 Å². The van der Waals surface area contributed by atoms with Crippen molar-refractivity contribution in [1.82, 2.24) is 4.72 Å². The van der Waals surface area contributed by atoms with E-state index >= 15 is 0 Å². The molecule has 0 aliphatic rings. The zero-order valence-electron chi connectivity index (χ0n) is 20.1. The minimum atomic E-state index is -4.76. The van der Waals surface area contributed by atoms with Gasteiger partial charge in [-0.05, 0) is 85.6 Å². The van der Waals surface area contributed by atoms with E-state index in [0.717, 1.165) is 17.0 Å². The number of nitrogens with one attached hydrogen (secondary N) is 1. The van der Waals surface area contributed by atoms with E-state index in [4.69, 9.17) is 9.47 Å². The lowest BCUT2D eigenvalue weighted by Gasteiger charge is -2.12. The molecule has 12 heteroatoms. The van der Waals surface area contributed by atoms with Gasteiger partial charge < -0.3 is 14.2 Å². The number of ether oxygens (including phenoxy) is 3. The minimum Gasteiger partial charge on any atom is -0.465 e. The maximum absolute atomic E-state index is 12.7. The number of benzene rings is 3. The van der Waals surface area contributed by atoms with Gasteiger partial charge >= 0.3 is 12.3 Å². The summed E-state index contributed by atoms with van der Waals surface area (Å²) in [6, 6.07) is 14.8. The number of methoxy groups -OCH3 is 1. The van der Waals surface area contributed by atoms with Gasteiger partial charge in [0.25, 0.3) is 0 Å². The molecular weight excluding hydrogens is 531 g/mol. The predicted molar refractivity (Wildman–Crippen MR) is 133 cm³/mol. The summed E-state index contributed by atoms with van der Waals surface area (Å²) in [6.07, 6.45) is -4.76. The molecule has 0 aromatic heterocycles. The number of carbonyl (C=O) groups is 1. The molecule has 0 aliphatic heterocycles. The number of esters is 1. The summed E-state index contributed by atoms with van der Waals surface area (Å²) in [4.78, 5) is 12.8. The Kier molecular flexibility index (Phi) is 9.11. The largest absolute Gasteiger partial charge is 0.573 e. The first-order valence-electron chi connectivity index (χ1n) is 10.8. The lowest BCUT2D eigenvalue weighted by molar-refractivity contribution is -0.274. The van der Waals surface area contributed by atoms with E-state index in [1.807, 2.05) is 0 Å². The fourth-order valence-electron chi connectivity index (χ4n) is 3.18. The van der Waals surface area contributed by atoms with Gasteiger partial charge in [-0.15, -0.1) is 24.9 Å². The molecule has 1 N–H and O–H groups in total. The molecule has 0 atom stereocenters. The summed E-state index contributed by atoms with van der Waals surface area (Å²) in [5, 5.41) is 0. The van der Waals surface area contributed by atoms with Crippen molar-refractivity contribution in [2.24, 2.45) is 0 Å². The molecule has 3 rings (SSSR count). The van der Waals surface area contributed by atoms with Crippen LogP contribution in [0.4, 0.5) is 13.2 Å². The highest BCUT2D eigenvalue weighted by Crippen LogP contribution is 2.29. The summed E-state index contributed by atoms with van der Waals surface area (Å²) in [5.41, 5.74) is 1.51. The third-order valence-electron chi connectivity index (χ3n) is 5.14. The molecule has 0 saturated carbocycles. The van der Waals surface area contributed by atoms with Gasteiger partial charge in [0.05, 0.1) is 17.6 Å². The zero-order chi connectivity index (χ0) is 27.2. The number of aryl methyl sites for hydroxylation is 1. The molecule has 0 amide bonds. The van der Waals surface area contributed by atoms with Gasteiger partial charge in [0.15, 0.2) is 0 Å². The Bertz CT molecular complexity index is 1340. The minimum absolute atomic E-state index is 0.0134. The third-order valence-corrected chi connectivity index (χ3v) is 7.59. The Hall–Kier alpha value is -3.22. The van der Waals surface area contributed by atoms with Gasteiger partial charge in [-0.2, -0.15) is 0 Å². The molecule has 0 bridgehead atoms. The van der Waals surface area contributed by atoms with Gasteiger partial charge in [-0.3, -0.25) is 0 Å². The number of halogens is 3. The van der Waals surface area contributed by atoms with Crippen LogP contribution in [-0.4, -0.2) is 40.2 Å². The Morgan fingerprint density at radius 3 is 2.08 bits per heavy atom. The first-order valence-corrected chi connectivity index (χ1v) is 13.3. The van der Waals surface area contributed by atoms with Gasteiger partial charge in [-0.25, -0.2) is 17.9 Å². The molecule has 7 nitrogen and oxygen atoms in total. The smallest absolute Gasteiger partial charge is 0.465 e. The number of thioether (sulfide) groups is 1. The fourth-order valence-corrected chi connectivity index (χ4v) is 5.22. The van der Waals surface area contributed by atoms with Crippen molar-refractivity contribution < 1.29 is 40.6 Å². The molecule has 0 saturated heterocycles. The maximum atomic E-state index is 12.7. The summed E-state index contributed by atoms with van der Waals surface area (Å²) < 4.78 is 78.9. The van der Waals surface area contributed by atoms with Crippen molar-refractivity contribution in [1.29, 1.82) is 0 Å². The monoisotopic (exact) mass is 555 g/mol. The number of sulfonamides is 1. The standard InChI is InChI=1S/C25H24F3NO6S2/c1-16-14-22(15-23(17(16)2)24(30)33-3)37(31,32)29-12-13-36-21-10-8-19(9-11-21)34-18-4-6-20(7-5-18)35-25(26,27)28/h4-11,14-15,29H,12-13H2,1-3H3. The van der Waals surface area contributed by atoms with E-state index in [9.17, 15) is 26.4 Å². The van der Waals surface area contributed by atoms with Crippen LogP contribution in [0.3, 0.4) is 0 Å². The molecule has 37 heavy (non-hydrogen) atoms. The van der Waals surface area contributed by atoms with Crippen LogP contribution in [0.5, 0.6) is 17.2 Å². The van der Waals surface area contributed by atoms with Crippen LogP contribution in [-0.2, 0) is 14.8 Å². The summed E-state index contributed by atoms with van der Waals surface area (Å²) in [6.45, 7) is 3.60. The fraction of sp³-hybridized carbons (Fsp3) is 0.240. The first-order chi connectivity index (χ1) is 17.4. The van der Waals surface area contributed by atoms with E-state index in [1.165, 1.54) is 43.1 Å². The van der Waals surface area contributed by atoms with Crippen LogP contribution in [0.2, 0.25) is 0 Å². The number of hydrogen-bond donors (Lipinski definition) is 1. The van der Waals surface area contributed by atoms with Crippen LogP contribution < -0.4 is 14.2 Å². The van der Waals surface area contributed by atoms with Crippen molar-refractivity contribution in [2.45, 2.75) is 30.0 Å². The quantitative estimate of drug-likeness (QED) is 0.191. The molecule has 0 aliphatic carbocycles. The van der Waals surface area contributed by atoms with Crippen LogP contribution >= 0.6 is 11.8 Å². The van der Waals surface area contributed by atoms with Crippen LogP contribution in [0.15, 0.2) is 70.5 Å². The summed E-state index contributed by atoms with van der Waals surface area (Å²) in [7, 11) is -2.60. The number of alkyl halides is 3. The maximum Gasteiger partial charge on any atom is 0.573 e. The van der Waals surface area contributed by atoms with E-state index in [0.29, 0.717) is 28.4 Å². The normalized spacial score (nSPS) is 11.7. The zero-order valence-corrected chi connectivity index (χ0v) is 21.7. The number of rotatable bonds is 10. The van der Waals surface area contributed by atoms with Crippen LogP contribution in [0.25, 0.3) is 0 Å². The Morgan fingerprint density at radius 2 is 1.51 bits per heavy atom. The second-order valence-electron chi connectivity index (χ2n) is 7.74. The highest BCUT2D eigenvalue weighted by atomic mass is 32.2. The first kappa shape index (κ1) is 28.4. The van der Waals surface area contributed by atoms with E-state index in [1.54, 1.807) is 38.1 Å². The summed E-state index contributed by atoms with van der Waals surface area (Å²) in [5.74, 6) is 0.308. The molecule has 0 unspecified atom stereocenters. The van der Waals surface area contributed by atoms with Gasteiger partial charge in [0.1, 0.15) is 17.2 Å². The molecule has 0 spiro atoms. The van der Waals surface area contributed by atoms with Crippen molar-refractivity contribution in [3.8, 4) is 17.2 Å². The molecule has 0 radical (unpaired) electrons.